The second-order valence-corrected chi connectivity index (χ2v) is 12.6. The van der Waals surface area contributed by atoms with Crippen LogP contribution in [0.15, 0.2) is 54.7 Å². The van der Waals surface area contributed by atoms with Gasteiger partial charge in [0, 0.05) is 73.8 Å². The van der Waals surface area contributed by atoms with Crippen LogP contribution >= 0.6 is 11.6 Å². The molecular formula is C34H32ClF2N5O4. The highest BCUT2D eigenvalue weighted by Crippen LogP contribution is 2.35. The third kappa shape index (κ3) is 6.73. The zero-order valence-corrected chi connectivity index (χ0v) is 25.8. The second kappa shape index (κ2) is 13.1. The lowest BCUT2D eigenvalue weighted by Crippen LogP contribution is -2.46. The normalized spacial score (nSPS) is 18.4. The van der Waals surface area contributed by atoms with Gasteiger partial charge in [-0.3, -0.25) is 24.4 Å². The minimum Gasteiger partial charge on any atom is -0.441 e. The second-order valence-electron chi connectivity index (χ2n) is 12.2. The monoisotopic (exact) mass is 647 g/mol. The highest BCUT2D eigenvalue weighted by atomic mass is 35.5. The van der Waals surface area contributed by atoms with Crippen LogP contribution in [0.3, 0.4) is 0 Å². The zero-order chi connectivity index (χ0) is 32.4. The number of nitrogens with zero attached hydrogens (tertiary/aromatic N) is 5. The van der Waals surface area contributed by atoms with Crippen molar-refractivity contribution in [2.75, 3.05) is 32.7 Å². The molecule has 0 unspecified atom stereocenters. The summed E-state index contributed by atoms with van der Waals surface area (Å²) >= 11 is 5.93. The van der Waals surface area contributed by atoms with E-state index < -0.39 is 23.3 Å². The number of carbonyl (C=O) groups is 3. The summed E-state index contributed by atoms with van der Waals surface area (Å²) < 4.78 is 34.6. The molecule has 2 amide bonds. The summed E-state index contributed by atoms with van der Waals surface area (Å²) in [4.78, 5) is 48.5. The minimum absolute atomic E-state index is 0.0612. The van der Waals surface area contributed by atoms with E-state index in [0.29, 0.717) is 80.3 Å². The maximum Gasteiger partial charge on any atom is 0.410 e. The number of ether oxygens (including phenoxy) is 1. The number of likely N-dealkylation sites (tertiary alicyclic amines) is 2. The number of ketones is 1. The fraction of sp³-hybridized carbons (Fsp3) is 0.382. The fourth-order valence-electron chi connectivity index (χ4n) is 6.45. The Labute approximate surface area is 270 Å². The van der Waals surface area contributed by atoms with Gasteiger partial charge in [0.05, 0.1) is 36.0 Å². The molecule has 9 nitrogen and oxygen atoms in total. The number of piperidine rings is 2. The smallest absolute Gasteiger partial charge is 0.410 e. The molecule has 2 aromatic carbocycles. The summed E-state index contributed by atoms with van der Waals surface area (Å²) in [5.41, 5.74) is 0.843. The van der Waals surface area contributed by atoms with Gasteiger partial charge in [-0.05, 0) is 61.4 Å². The molecule has 1 aromatic heterocycles. The van der Waals surface area contributed by atoms with Gasteiger partial charge in [-0.15, -0.1) is 0 Å². The van der Waals surface area contributed by atoms with Crippen molar-refractivity contribution in [3.8, 4) is 6.07 Å². The number of hydrogen-bond acceptors (Lipinski definition) is 7. The zero-order valence-electron chi connectivity index (χ0n) is 25.1. The SMILES string of the molecule is N#Cc1cc(F)c(CN2CCC3(CC2)CN(Cc2ccc(C(=O)N4CCC(C(=O)c5ccc(Cl)cc5)CC4)cn2)C(=O)O3)c(F)c1. The summed E-state index contributed by atoms with van der Waals surface area (Å²) in [6.45, 7) is 2.57. The van der Waals surface area contributed by atoms with Crippen molar-refractivity contribution < 1.29 is 27.9 Å². The van der Waals surface area contributed by atoms with Crippen LogP contribution in [0.5, 0.6) is 0 Å². The van der Waals surface area contributed by atoms with Crippen molar-refractivity contribution in [3.63, 3.8) is 0 Å². The van der Waals surface area contributed by atoms with E-state index in [4.69, 9.17) is 21.6 Å². The minimum atomic E-state index is -0.748. The molecule has 0 radical (unpaired) electrons. The molecule has 6 rings (SSSR count). The van der Waals surface area contributed by atoms with E-state index in [1.807, 2.05) is 4.90 Å². The van der Waals surface area contributed by atoms with Gasteiger partial charge < -0.3 is 9.64 Å². The van der Waals surface area contributed by atoms with Crippen molar-refractivity contribution in [1.29, 1.82) is 5.26 Å². The highest BCUT2D eigenvalue weighted by Gasteiger charge is 2.47. The van der Waals surface area contributed by atoms with E-state index in [9.17, 15) is 23.2 Å². The predicted molar refractivity (Wildman–Crippen MR) is 164 cm³/mol. The van der Waals surface area contributed by atoms with E-state index in [1.165, 1.54) is 6.20 Å². The molecule has 3 fully saturated rings. The summed E-state index contributed by atoms with van der Waals surface area (Å²) in [5, 5.41) is 9.50. The van der Waals surface area contributed by atoms with Crippen molar-refractivity contribution in [1.82, 2.24) is 19.7 Å². The Morgan fingerprint density at radius 2 is 1.63 bits per heavy atom. The van der Waals surface area contributed by atoms with Gasteiger partial charge in [0.25, 0.3) is 5.91 Å². The van der Waals surface area contributed by atoms with Crippen LogP contribution in [0, 0.1) is 28.9 Å². The van der Waals surface area contributed by atoms with Gasteiger partial charge >= 0.3 is 6.09 Å². The number of pyridine rings is 1. The molecular weight excluding hydrogens is 616 g/mol. The summed E-state index contributed by atoms with van der Waals surface area (Å²) in [6, 6.07) is 14.1. The summed E-state index contributed by atoms with van der Waals surface area (Å²) in [6.07, 6.45) is 3.25. The third-order valence-corrected chi connectivity index (χ3v) is 9.42. The molecule has 238 valence electrons. The lowest BCUT2D eigenvalue weighted by atomic mass is 9.88. The Bertz CT molecular complexity index is 1660. The van der Waals surface area contributed by atoms with Crippen molar-refractivity contribution >= 4 is 29.4 Å². The van der Waals surface area contributed by atoms with Crippen LogP contribution in [0.4, 0.5) is 13.6 Å². The van der Waals surface area contributed by atoms with E-state index in [0.717, 1.165) is 12.1 Å². The van der Waals surface area contributed by atoms with Crippen LogP contribution < -0.4 is 0 Å². The van der Waals surface area contributed by atoms with Gasteiger partial charge in [0.15, 0.2) is 5.78 Å². The molecule has 4 heterocycles. The standard InChI is InChI=1S/C34H32ClF2N5O4/c35-26-4-1-23(2-5-26)31(43)24-7-11-41(12-8-24)32(44)25-3-6-27(39-18-25)19-42-21-34(46-33(42)45)9-13-40(14-10-34)20-28-29(36)15-22(17-38)16-30(28)37/h1-6,15-16,18,24H,7-14,19-21H2. The first-order valence-electron chi connectivity index (χ1n) is 15.3. The van der Waals surface area contributed by atoms with Gasteiger partial charge in [0.1, 0.15) is 17.2 Å². The maximum atomic E-state index is 14.4. The number of benzene rings is 2. The van der Waals surface area contributed by atoms with Crippen molar-refractivity contribution in [2.24, 2.45) is 5.92 Å². The number of halogens is 3. The molecule has 1 spiro atoms. The highest BCUT2D eigenvalue weighted by molar-refractivity contribution is 6.30. The molecule has 12 heteroatoms. The largest absolute Gasteiger partial charge is 0.441 e. The molecule has 3 aromatic rings. The Morgan fingerprint density at radius 1 is 0.978 bits per heavy atom. The van der Waals surface area contributed by atoms with Gasteiger partial charge in [-0.25, -0.2) is 13.6 Å². The number of carbonyl (C=O) groups excluding carboxylic acids is 3. The number of aromatic nitrogens is 1. The Kier molecular flexibility index (Phi) is 9.02. The number of rotatable bonds is 7. The topological polar surface area (TPSA) is 107 Å². The quantitative estimate of drug-likeness (QED) is 0.307. The van der Waals surface area contributed by atoms with E-state index in [2.05, 4.69) is 4.98 Å². The Morgan fingerprint density at radius 3 is 2.24 bits per heavy atom. The molecule has 3 aliphatic heterocycles. The maximum absolute atomic E-state index is 14.4. The molecule has 3 saturated heterocycles. The molecule has 46 heavy (non-hydrogen) atoms. The first kappa shape index (κ1) is 31.6. The van der Waals surface area contributed by atoms with E-state index in [1.54, 1.807) is 52.3 Å². The lowest BCUT2D eigenvalue weighted by Gasteiger charge is -2.37. The van der Waals surface area contributed by atoms with Crippen LogP contribution in [0.1, 0.15) is 63.2 Å². The first-order chi connectivity index (χ1) is 22.1. The summed E-state index contributed by atoms with van der Waals surface area (Å²) in [5.74, 6) is -1.72. The number of Topliss-reactive ketones (excluding diaryl/α,β-unsaturated/α-hetero) is 1. The van der Waals surface area contributed by atoms with Gasteiger partial charge in [-0.2, -0.15) is 5.26 Å². The Balaban J connectivity index is 0.987. The predicted octanol–water partition coefficient (Wildman–Crippen LogP) is 5.61. The molecule has 3 aliphatic rings. The first-order valence-corrected chi connectivity index (χ1v) is 15.6. The average molecular weight is 648 g/mol. The number of nitriles is 1. The third-order valence-electron chi connectivity index (χ3n) is 9.17. The van der Waals surface area contributed by atoms with Crippen LogP contribution in [0.2, 0.25) is 5.02 Å². The van der Waals surface area contributed by atoms with Gasteiger partial charge in [-0.1, -0.05) is 11.6 Å². The van der Waals surface area contributed by atoms with E-state index in [-0.39, 0.29) is 41.8 Å². The fourth-order valence-corrected chi connectivity index (χ4v) is 6.58. The molecule has 0 aliphatic carbocycles. The number of amides is 2. The van der Waals surface area contributed by atoms with Crippen LogP contribution in [0.25, 0.3) is 0 Å². The van der Waals surface area contributed by atoms with Gasteiger partial charge in [0.2, 0.25) is 0 Å². The summed E-state index contributed by atoms with van der Waals surface area (Å²) in [7, 11) is 0. The lowest BCUT2D eigenvalue weighted by molar-refractivity contribution is -0.00165. The van der Waals surface area contributed by atoms with E-state index >= 15 is 0 Å². The molecule has 0 atom stereocenters. The van der Waals surface area contributed by atoms with Crippen molar-refractivity contribution in [3.05, 3.63) is 99.3 Å². The Hall–Kier alpha value is -4.40. The van der Waals surface area contributed by atoms with Crippen LogP contribution in [-0.4, -0.2) is 75.8 Å². The molecule has 0 N–H and O–H groups in total. The molecule has 0 saturated carbocycles. The average Bonchev–Trinajstić information content (AvgIpc) is 3.37. The molecule has 0 bridgehead atoms. The number of hydrogen-bond donors (Lipinski definition) is 0. The van der Waals surface area contributed by atoms with Crippen LogP contribution in [-0.2, 0) is 17.8 Å². The van der Waals surface area contributed by atoms with Crippen molar-refractivity contribution in [2.45, 2.75) is 44.4 Å².